The number of nitrogens with one attached hydrogen (secondary N) is 2. The highest BCUT2D eigenvalue weighted by Gasteiger charge is 2.11. The first-order valence-electron chi connectivity index (χ1n) is 9.74. The molecular weight excluding hydrogens is 338 g/mol. The molecule has 5 heteroatoms. The van der Waals surface area contributed by atoms with Gasteiger partial charge in [-0.3, -0.25) is 4.79 Å². The number of hydrogen-bond donors (Lipinski definition) is 2. The zero-order valence-electron chi connectivity index (χ0n) is 16.3. The van der Waals surface area contributed by atoms with Gasteiger partial charge in [0.05, 0.1) is 0 Å². The van der Waals surface area contributed by atoms with Crippen LogP contribution < -0.4 is 15.4 Å². The molecule has 1 aliphatic rings. The van der Waals surface area contributed by atoms with E-state index in [9.17, 15) is 4.79 Å². The molecule has 0 fully saturated rings. The third-order valence-corrected chi connectivity index (χ3v) is 5.04. The van der Waals surface area contributed by atoms with Gasteiger partial charge in [0.15, 0.2) is 0 Å². The first-order valence-corrected chi connectivity index (χ1v) is 9.74. The van der Waals surface area contributed by atoms with Crippen molar-refractivity contribution in [2.24, 2.45) is 0 Å². The van der Waals surface area contributed by atoms with Crippen molar-refractivity contribution in [3.63, 3.8) is 0 Å². The van der Waals surface area contributed by atoms with Crippen LogP contribution in [0.4, 0.5) is 0 Å². The molecule has 3 rings (SSSR count). The lowest BCUT2D eigenvalue weighted by atomic mass is 10.1. The Kier molecular flexibility index (Phi) is 6.85. The fraction of sp³-hybridized carbons (Fsp3) is 0.409. The minimum atomic E-state index is -0.0664. The van der Waals surface area contributed by atoms with E-state index in [0.29, 0.717) is 18.7 Å². The molecule has 144 valence electrons. The molecule has 1 amide bonds. The summed E-state index contributed by atoms with van der Waals surface area (Å²) in [5.41, 5.74) is 4.45. The Morgan fingerprint density at radius 3 is 2.56 bits per heavy atom. The molecular formula is C22H29N3O2. The number of ether oxygens (including phenoxy) is 1. The standard InChI is InChI=1S/C22H29N3O2/c1-3-25(4-2)11-12-27-21-9-7-18(8-10-21)22(26)24-14-17-5-6-19-15-23-16-20(19)13-17/h5-10,13,23H,3-4,11-12,14-16H2,1-2H3,(H,24,26). The maximum Gasteiger partial charge on any atom is 0.251 e. The molecule has 0 spiro atoms. The minimum absolute atomic E-state index is 0.0664. The van der Waals surface area contributed by atoms with Gasteiger partial charge in [-0.05, 0) is 54.0 Å². The molecule has 0 atom stereocenters. The fourth-order valence-electron chi connectivity index (χ4n) is 3.28. The van der Waals surface area contributed by atoms with Crippen LogP contribution >= 0.6 is 0 Å². The number of nitrogens with zero attached hydrogens (tertiary/aromatic N) is 1. The summed E-state index contributed by atoms with van der Waals surface area (Å²) in [4.78, 5) is 14.7. The maximum atomic E-state index is 12.4. The van der Waals surface area contributed by atoms with Crippen molar-refractivity contribution in [3.05, 3.63) is 64.7 Å². The summed E-state index contributed by atoms with van der Waals surface area (Å²) in [6.45, 7) is 10.3. The smallest absolute Gasteiger partial charge is 0.251 e. The van der Waals surface area contributed by atoms with E-state index < -0.39 is 0 Å². The van der Waals surface area contributed by atoms with Gasteiger partial charge in [0.25, 0.3) is 5.91 Å². The van der Waals surface area contributed by atoms with Gasteiger partial charge in [0.2, 0.25) is 0 Å². The Labute approximate surface area is 161 Å². The highest BCUT2D eigenvalue weighted by molar-refractivity contribution is 5.94. The van der Waals surface area contributed by atoms with Crippen LogP contribution in [0.1, 0.15) is 40.9 Å². The molecule has 5 nitrogen and oxygen atoms in total. The van der Waals surface area contributed by atoms with E-state index >= 15 is 0 Å². The molecule has 0 bridgehead atoms. The summed E-state index contributed by atoms with van der Waals surface area (Å²) < 4.78 is 5.77. The second-order valence-electron chi connectivity index (χ2n) is 6.79. The van der Waals surface area contributed by atoms with Crippen LogP contribution in [-0.4, -0.2) is 37.0 Å². The third-order valence-electron chi connectivity index (χ3n) is 5.04. The van der Waals surface area contributed by atoms with E-state index in [1.54, 1.807) is 0 Å². The van der Waals surface area contributed by atoms with Gasteiger partial charge in [-0.2, -0.15) is 0 Å². The molecule has 1 aliphatic heterocycles. The molecule has 0 radical (unpaired) electrons. The van der Waals surface area contributed by atoms with Crippen molar-refractivity contribution in [2.45, 2.75) is 33.5 Å². The average molecular weight is 367 g/mol. The highest BCUT2D eigenvalue weighted by Crippen LogP contribution is 2.17. The van der Waals surface area contributed by atoms with Gasteiger partial charge in [-0.25, -0.2) is 0 Å². The summed E-state index contributed by atoms with van der Waals surface area (Å²) in [6, 6.07) is 13.7. The molecule has 0 saturated heterocycles. The zero-order valence-corrected chi connectivity index (χ0v) is 16.3. The average Bonchev–Trinajstić information content (AvgIpc) is 3.18. The number of likely N-dealkylation sites (N-methyl/N-ethyl adjacent to an activating group) is 1. The molecule has 27 heavy (non-hydrogen) atoms. The number of amides is 1. The summed E-state index contributed by atoms with van der Waals surface area (Å²) in [5.74, 6) is 0.730. The van der Waals surface area contributed by atoms with E-state index in [0.717, 1.165) is 44.0 Å². The molecule has 0 saturated carbocycles. The van der Waals surface area contributed by atoms with Crippen molar-refractivity contribution < 1.29 is 9.53 Å². The number of benzene rings is 2. The van der Waals surface area contributed by atoms with Gasteiger partial charge in [0, 0.05) is 31.7 Å². The van der Waals surface area contributed by atoms with Crippen LogP contribution in [0.25, 0.3) is 0 Å². The summed E-state index contributed by atoms with van der Waals surface area (Å²) in [6.07, 6.45) is 0. The minimum Gasteiger partial charge on any atom is -0.492 e. The molecule has 2 aromatic carbocycles. The molecule has 2 aromatic rings. The Hall–Kier alpha value is -2.37. The lowest BCUT2D eigenvalue weighted by Gasteiger charge is -2.18. The normalized spacial score (nSPS) is 12.9. The van der Waals surface area contributed by atoms with Crippen molar-refractivity contribution >= 4 is 5.91 Å². The van der Waals surface area contributed by atoms with Crippen LogP contribution in [0.5, 0.6) is 5.75 Å². The lowest BCUT2D eigenvalue weighted by molar-refractivity contribution is 0.0951. The second kappa shape index (κ2) is 9.53. The topological polar surface area (TPSA) is 53.6 Å². The Morgan fingerprint density at radius 2 is 1.81 bits per heavy atom. The van der Waals surface area contributed by atoms with E-state index in [2.05, 4.69) is 47.6 Å². The summed E-state index contributed by atoms with van der Waals surface area (Å²) in [7, 11) is 0. The van der Waals surface area contributed by atoms with Crippen LogP contribution in [0.15, 0.2) is 42.5 Å². The number of carbonyl (C=O) groups is 1. The highest BCUT2D eigenvalue weighted by atomic mass is 16.5. The van der Waals surface area contributed by atoms with E-state index in [4.69, 9.17) is 4.74 Å². The van der Waals surface area contributed by atoms with Crippen molar-refractivity contribution in [1.29, 1.82) is 0 Å². The molecule has 2 N–H and O–H groups in total. The van der Waals surface area contributed by atoms with E-state index in [1.807, 2.05) is 24.3 Å². The Bertz CT molecular complexity index is 755. The van der Waals surface area contributed by atoms with Gasteiger partial charge in [-0.1, -0.05) is 32.0 Å². The Balaban J connectivity index is 1.47. The van der Waals surface area contributed by atoms with Crippen molar-refractivity contribution in [3.8, 4) is 5.75 Å². The van der Waals surface area contributed by atoms with Gasteiger partial charge >= 0.3 is 0 Å². The lowest BCUT2D eigenvalue weighted by Crippen LogP contribution is -2.27. The van der Waals surface area contributed by atoms with Gasteiger partial charge in [-0.15, -0.1) is 0 Å². The fourth-order valence-corrected chi connectivity index (χ4v) is 3.28. The quantitative estimate of drug-likeness (QED) is 0.716. The number of carbonyl (C=O) groups excluding carboxylic acids is 1. The summed E-state index contributed by atoms with van der Waals surface area (Å²) in [5, 5.41) is 6.33. The largest absolute Gasteiger partial charge is 0.492 e. The number of hydrogen-bond acceptors (Lipinski definition) is 4. The Morgan fingerprint density at radius 1 is 1.07 bits per heavy atom. The van der Waals surface area contributed by atoms with Crippen LogP contribution in [-0.2, 0) is 19.6 Å². The van der Waals surface area contributed by atoms with Crippen molar-refractivity contribution in [1.82, 2.24) is 15.5 Å². The zero-order chi connectivity index (χ0) is 19.1. The van der Waals surface area contributed by atoms with Crippen LogP contribution in [0.2, 0.25) is 0 Å². The molecule has 1 heterocycles. The van der Waals surface area contributed by atoms with E-state index in [1.165, 1.54) is 11.1 Å². The number of rotatable bonds is 9. The van der Waals surface area contributed by atoms with Crippen LogP contribution in [0, 0.1) is 0 Å². The first-order chi connectivity index (χ1) is 13.2. The third kappa shape index (κ3) is 5.31. The SMILES string of the molecule is CCN(CC)CCOc1ccc(C(=O)NCc2ccc3c(c2)CNC3)cc1. The predicted octanol–water partition coefficient (Wildman–Crippen LogP) is 2.94. The molecule has 0 aliphatic carbocycles. The predicted molar refractivity (Wildman–Crippen MR) is 108 cm³/mol. The van der Waals surface area contributed by atoms with Gasteiger partial charge < -0.3 is 20.3 Å². The number of fused-ring (bicyclic) bond motifs is 1. The summed E-state index contributed by atoms with van der Waals surface area (Å²) >= 11 is 0. The van der Waals surface area contributed by atoms with E-state index in [-0.39, 0.29) is 5.91 Å². The maximum absolute atomic E-state index is 12.4. The van der Waals surface area contributed by atoms with Crippen molar-refractivity contribution in [2.75, 3.05) is 26.2 Å². The second-order valence-corrected chi connectivity index (χ2v) is 6.79. The first kappa shape index (κ1) is 19.4. The van der Waals surface area contributed by atoms with Crippen LogP contribution in [0.3, 0.4) is 0 Å². The molecule has 0 unspecified atom stereocenters. The monoisotopic (exact) mass is 367 g/mol. The van der Waals surface area contributed by atoms with Gasteiger partial charge in [0.1, 0.15) is 12.4 Å². The molecule has 0 aromatic heterocycles.